The number of aliphatic carboxylic acids is 1. The normalized spacial score (nSPS) is 15.7. The van der Waals surface area contributed by atoms with Crippen molar-refractivity contribution in [2.45, 2.75) is 25.7 Å². The molecule has 188 valence electrons. The molecule has 0 amide bonds. The summed E-state index contributed by atoms with van der Waals surface area (Å²) in [4.78, 5) is 15.1. The molecule has 0 radical (unpaired) electrons. The second-order valence-corrected chi connectivity index (χ2v) is 9.71. The highest BCUT2D eigenvalue weighted by Crippen LogP contribution is 2.32. The molecule has 1 fully saturated rings. The second-order valence-electron chi connectivity index (χ2n) is 8.54. The number of nitrogens with two attached hydrogens (primary N) is 1. The number of rotatable bonds is 8. The third-order valence-electron chi connectivity index (χ3n) is 6.11. The number of amidine groups is 2. The third-order valence-corrected chi connectivity index (χ3v) is 7.25. The SMILES string of the molecule is CC(=N)N1CCC(COc2ccc([C@H](Cc3cc4cc(C(=N)N)ccc4s3)C(=O)O)cc2)C1.Cl.Cl. The van der Waals surface area contributed by atoms with Gasteiger partial charge in [-0.3, -0.25) is 15.6 Å². The van der Waals surface area contributed by atoms with Crippen LogP contribution in [0.5, 0.6) is 5.75 Å². The number of carbonyl (C=O) groups is 1. The lowest BCUT2D eigenvalue weighted by Crippen LogP contribution is -2.26. The van der Waals surface area contributed by atoms with Gasteiger partial charge in [0.05, 0.1) is 18.4 Å². The summed E-state index contributed by atoms with van der Waals surface area (Å²) < 4.78 is 6.98. The summed E-state index contributed by atoms with van der Waals surface area (Å²) in [5.41, 5.74) is 6.98. The zero-order chi connectivity index (χ0) is 23.5. The minimum absolute atomic E-state index is 0. The largest absolute Gasteiger partial charge is 0.493 e. The van der Waals surface area contributed by atoms with Gasteiger partial charge in [0.1, 0.15) is 11.6 Å². The lowest BCUT2D eigenvalue weighted by atomic mass is 9.95. The van der Waals surface area contributed by atoms with Crippen LogP contribution in [0.25, 0.3) is 10.1 Å². The lowest BCUT2D eigenvalue weighted by molar-refractivity contribution is -0.138. The van der Waals surface area contributed by atoms with Gasteiger partial charge in [0.15, 0.2) is 0 Å². The van der Waals surface area contributed by atoms with Crippen LogP contribution in [0.3, 0.4) is 0 Å². The average Bonchev–Trinajstić information content (AvgIpc) is 3.42. The molecule has 1 aromatic heterocycles. The van der Waals surface area contributed by atoms with E-state index in [1.54, 1.807) is 11.3 Å². The first-order valence-electron chi connectivity index (χ1n) is 10.9. The topological polar surface area (TPSA) is 123 Å². The van der Waals surface area contributed by atoms with Crippen LogP contribution in [0, 0.1) is 16.7 Å². The molecule has 1 unspecified atom stereocenters. The van der Waals surface area contributed by atoms with Gasteiger partial charge in [0.2, 0.25) is 0 Å². The van der Waals surface area contributed by atoms with Crippen molar-refractivity contribution < 1.29 is 14.6 Å². The summed E-state index contributed by atoms with van der Waals surface area (Å²) in [6.07, 6.45) is 1.41. The summed E-state index contributed by atoms with van der Waals surface area (Å²) in [5.74, 6) is 0.224. The van der Waals surface area contributed by atoms with E-state index < -0.39 is 11.9 Å². The Morgan fingerprint density at radius 2 is 1.91 bits per heavy atom. The van der Waals surface area contributed by atoms with E-state index in [4.69, 9.17) is 21.3 Å². The number of thiophene rings is 1. The van der Waals surface area contributed by atoms with Crippen molar-refractivity contribution in [3.8, 4) is 5.75 Å². The van der Waals surface area contributed by atoms with Crippen molar-refractivity contribution in [3.63, 3.8) is 0 Å². The molecule has 0 bridgehead atoms. The van der Waals surface area contributed by atoms with Gasteiger partial charge in [0.25, 0.3) is 0 Å². The van der Waals surface area contributed by atoms with Gasteiger partial charge in [0, 0.05) is 34.1 Å². The molecule has 0 spiro atoms. The van der Waals surface area contributed by atoms with E-state index in [0.29, 0.717) is 30.3 Å². The molecule has 1 aliphatic rings. The molecule has 2 atom stereocenters. The summed E-state index contributed by atoms with van der Waals surface area (Å²) in [6.45, 7) is 4.15. The number of carboxylic acids is 1. The maximum atomic E-state index is 12.0. The number of carboxylic acid groups (broad SMARTS) is 1. The van der Waals surface area contributed by atoms with E-state index in [2.05, 4.69) is 4.90 Å². The Morgan fingerprint density at radius 1 is 1.20 bits per heavy atom. The average molecular weight is 538 g/mol. The van der Waals surface area contributed by atoms with Crippen molar-refractivity contribution in [2.24, 2.45) is 11.7 Å². The van der Waals surface area contributed by atoms with Crippen LogP contribution in [0.1, 0.15) is 35.3 Å². The van der Waals surface area contributed by atoms with Gasteiger partial charge in [-0.1, -0.05) is 12.1 Å². The molecule has 7 nitrogen and oxygen atoms in total. The molecule has 1 saturated heterocycles. The minimum atomic E-state index is -0.862. The van der Waals surface area contributed by atoms with Crippen LogP contribution in [0.15, 0.2) is 48.5 Å². The highest BCUT2D eigenvalue weighted by Gasteiger charge is 2.24. The zero-order valence-electron chi connectivity index (χ0n) is 19.3. The molecule has 3 aromatic rings. The smallest absolute Gasteiger partial charge is 0.311 e. The molecule has 0 saturated carbocycles. The number of nitrogen functional groups attached to an aromatic ring is 1. The summed E-state index contributed by atoms with van der Waals surface area (Å²) >= 11 is 1.57. The number of benzene rings is 2. The van der Waals surface area contributed by atoms with Crippen molar-refractivity contribution in [3.05, 3.63) is 64.5 Å². The van der Waals surface area contributed by atoms with Crippen LogP contribution in [0.2, 0.25) is 0 Å². The van der Waals surface area contributed by atoms with Crippen LogP contribution in [-0.4, -0.2) is 47.3 Å². The predicted molar refractivity (Wildman–Crippen MR) is 146 cm³/mol. The Labute approximate surface area is 221 Å². The number of nitrogens with zero attached hydrogens (tertiary/aromatic N) is 1. The van der Waals surface area contributed by atoms with E-state index in [1.807, 2.05) is 55.5 Å². The van der Waals surface area contributed by atoms with Crippen LogP contribution >= 0.6 is 36.2 Å². The zero-order valence-corrected chi connectivity index (χ0v) is 21.8. The molecule has 0 aliphatic carbocycles. The summed E-state index contributed by atoms with van der Waals surface area (Å²) in [5, 5.41) is 26.2. The van der Waals surface area contributed by atoms with E-state index in [-0.39, 0.29) is 30.6 Å². The first kappa shape index (κ1) is 28.4. The molecule has 4 rings (SSSR count). The van der Waals surface area contributed by atoms with Crippen molar-refractivity contribution in [1.29, 1.82) is 10.8 Å². The second kappa shape index (κ2) is 12.2. The number of likely N-dealkylation sites (tertiary alicyclic amines) is 1. The maximum Gasteiger partial charge on any atom is 0.311 e. The minimum Gasteiger partial charge on any atom is -0.493 e. The monoisotopic (exact) mass is 536 g/mol. The van der Waals surface area contributed by atoms with Gasteiger partial charge < -0.3 is 20.5 Å². The van der Waals surface area contributed by atoms with Gasteiger partial charge >= 0.3 is 5.97 Å². The number of halogens is 2. The van der Waals surface area contributed by atoms with E-state index in [0.717, 1.165) is 45.8 Å². The first-order valence-corrected chi connectivity index (χ1v) is 11.7. The maximum absolute atomic E-state index is 12.0. The summed E-state index contributed by atoms with van der Waals surface area (Å²) in [7, 11) is 0. The van der Waals surface area contributed by atoms with Crippen molar-refractivity contribution >= 4 is 63.9 Å². The standard InChI is InChI=1S/C25H28N4O3S.2ClH/c1-15(26)29-9-8-16(13-29)14-32-20-5-2-17(3-6-20)22(25(30)31)12-21-11-19-10-18(24(27)28)4-7-23(19)33-21;;/h2-7,10-11,16,22,26H,8-9,12-14H2,1H3,(H3,27,28)(H,30,31);2*1H/t16?,22-;;/m0../s1. The first-order chi connectivity index (χ1) is 15.8. The fraction of sp³-hybridized carbons (Fsp3) is 0.320. The molecule has 2 aromatic carbocycles. The quantitative estimate of drug-likeness (QED) is 0.234. The lowest BCUT2D eigenvalue weighted by Gasteiger charge is -2.17. The fourth-order valence-electron chi connectivity index (χ4n) is 4.20. The number of nitrogens with one attached hydrogen (secondary N) is 2. The Kier molecular flexibility index (Phi) is 9.94. The molecule has 35 heavy (non-hydrogen) atoms. The molecular formula is C25H30Cl2N4O3S. The Balaban J connectivity index is 0.00000216. The molecular weight excluding hydrogens is 507 g/mol. The van der Waals surface area contributed by atoms with Gasteiger partial charge in [-0.2, -0.15) is 0 Å². The number of ether oxygens (including phenoxy) is 1. The molecule has 2 heterocycles. The highest BCUT2D eigenvalue weighted by molar-refractivity contribution is 7.19. The molecule has 5 N–H and O–H groups in total. The molecule has 1 aliphatic heterocycles. The predicted octanol–water partition coefficient (Wildman–Crippen LogP) is 5.14. The van der Waals surface area contributed by atoms with E-state index in [9.17, 15) is 9.90 Å². The third kappa shape index (κ3) is 6.87. The highest BCUT2D eigenvalue weighted by atomic mass is 35.5. The van der Waals surface area contributed by atoms with Crippen molar-refractivity contribution in [2.75, 3.05) is 19.7 Å². The van der Waals surface area contributed by atoms with Crippen LogP contribution in [0.4, 0.5) is 0 Å². The van der Waals surface area contributed by atoms with E-state index in [1.165, 1.54) is 0 Å². The van der Waals surface area contributed by atoms with Crippen LogP contribution in [-0.2, 0) is 11.2 Å². The van der Waals surface area contributed by atoms with E-state index >= 15 is 0 Å². The number of fused-ring (bicyclic) bond motifs is 1. The Bertz CT molecular complexity index is 1200. The molecule has 10 heteroatoms. The van der Waals surface area contributed by atoms with Gasteiger partial charge in [-0.25, -0.2) is 0 Å². The van der Waals surface area contributed by atoms with Crippen LogP contribution < -0.4 is 10.5 Å². The van der Waals surface area contributed by atoms with Crippen molar-refractivity contribution in [1.82, 2.24) is 4.90 Å². The number of hydrogen-bond donors (Lipinski definition) is 4. The fourth-order valence-corrected chi connectivity index (χ4v) is 5.29. The van der Waals surface area contributed by atoms with Gasteiger partial charge in [-0.15, -0.1) is 36.2 Å². The summed E-state index contributed by atoms with van der Waals surface area (Å²) in [6, 6.07) is 14.9. The van der Waals surface area contributed by atoms with Gasteiger partial charge in [-0.05, 0) is 67.1 Å². The Morgan fingerprint density at radius 3 is 2.51 bits per heavy atom. The number of hydrogen-bond acceptors (Lipinski definition) is 5. The Hall–Kier alpha value is -2.81.